The minimum absolute atomic E-state index is 0.0227. The number of nitrogens with one attached hydrogen (secondary N) is 1. The Morgan fingerprint density at radius 2 is 1.76 bits per heavy atom. The molecule has 0 atom stereocenters. The minimum Gasteiger partial charge on any atom is -0.422 e. The summed E-state index contributed by atoms with van der Waals surface area (Å²) in [5.74, 6) is -0.599. The summed E-state index contributed by atoms with van der Waals surface area (Å²) in [6, 6.07) is 15.7. The fourth-order valence-electron chi connectivity index (χ4n) is 3.23. The largest absolute Gasteiger partial charge is 0.422 e. The van der Waals surface area contributed by atoms with Gasteiger partial charge in [0.1, 0.15) is 5.82 Å². The van der Waals surface area contributed by atoms with Crippen molar-refractivity contribution in [2.24, 2.45) is 0 Å². The highest BCUT2D eigenvalue weighted by atomic mass is 32.2. The van der Waals surface area contributed by atoms with Gasteiger partial charge < -0.3 is 9.73 Å². The van der Waals surface area contributed by atoms with Crippen molar-refractivity contribution in [1.82, 2.24) is 4.98 Å². The average Bonchev–Trinajstić information content (AvgIpc) is 2.78. The second-order valence-electron chi connectivity index (χ2n) is 7.15. The summed E-state index contributed by atoms with van der Waals surface area (Å²) in [5.41, 5.74) is 0.0413. The first-order chi connectivity index (χ1) is 16.1. The van der Waals surface area contributed by atoms with E-state index in [1.54, 1.807) is 18.2 Å². The number of amides is 1. The zero-order chi connectivity index (χ0) is 24.5. The molecule has 2 heterocycles. The highest BCUT2D eigenvalue weighted by Gasteiger charge is 2.17. The fraction of sp³-hybridized carbons (Fsp3) is 0.0455. The van der Waals surface area contributed by atoms with Crippen LogP contribution < -0.4 is 15.2 Å². The number of fused-ring (bicyclic) bond motifs is 1. The summed E-state index contributed by atoms with van der Waals surface area (Å²) in [6.07, 6.45) is 2.35. The van der Waals surface area contributed by atoms with Crippen molar-refractivity contribution < 1.29 is 26.0 Å². The predicted molar refractivity (Wildman–Crippen MR) is 127 cm³/mol. The molecule has 0 radical (unpaired) electrons. The van der Waals surface area contributed by atoms with Crippen LogP contribution in [0.15, 0.2) is 87.0 Å². The first kappa shape index (κ1) is 23.1. The van der Waals surface area contributed by atoms with Crippen LogP contribution in [0.2, 0.25) is 0 Å². The summed E-state index contributed by atoms with van der Waals surface area (Å²) in [7, 11) is -6.65. The standard InChI is InChI=1S/C22H17N3O7S2/c1-34(30,31)17-8-6-16(7-9-17)25(33(28)29)19-13-15(11-12-23-19)24-22(27)18-4-2-3-14-5-10-20(26)32-21(14)18/h2-13,33H,1H3,(H,23,24,27). The van der Waals surface area contributed by atoms with Crippen LogP contribution >= 0.6 is 0 Å². The molecule has 34 heavy (non-hydrogen) atoms. The smallest absolute Gasteiger partial charge is 0.336 e. The van der Waals surface area contributed by atoms with Crippen molar-refractivity contribution in [3.05, 3.63) is 88.9 Å². The predicted octanol–water partition coefficient (Wildman–Crippen LogP) is 2.51. The summed E-state index contributed by atoms with van der Waals surface area (Å²) >= 11 is 0. The number of pyridine rings is 1. The van der Waals surface area contributed by atoms with Crippen LogP contribution in [0.3, 0.4) is 0 Å². The second kappa shape index (κ2) is 9.08. The fourth-order valence-corrected chi connectivity index (χ4v) is 4.46. The van der Waals surface area contributed by atoms with Gasteiger partial charge in [-0.1, -0.05) is 12.1 Å². The summed E-state index contributed by atoms with van der Waals surface area (Å²) < 4.78 is 53.4. The first-order valence-corrected chi connectivity index (χ1v) is 12.7. The number of carbonyl (C=O) groups excluding carboxylic acids is 1. The maximum absolute atomic E-state index is 12.9. The van der Waals surface area contributed by atoms with Crippen LogP contribution in [0, 0.1) is 0 Å². The number of rotatable bonds is 6. The van der Waals surface area contributed by atoms with E-state index < -0.39 is 32.3 Å². The number of anilines is 3. The van der Waals surface area contributed by atoms with E-state index in [0.717, 1.165) is 10.6 Å². The number of aromatic nitrogens is 1. The Morgan fingerprint density at radius 1 is 1.03 bits per heavy atom. The van der Waals surface area contributed by atoms with Gasteiger partial charge in [-0.2, -0.15) is 0 Å². The van der Waals surface area contributed by atoms with Crippen LogP contribution in [0.5, 0.6) is 0 Å². The lowest BCUT2D eigenvalue weighted by atomic mass is 10.1. The van der Waals surface area contributed by atoms with Crippen molar-refractivity contribution in [3.8, 4) is 0 Å². The monoisotopic (exact) mass is 499 g/mol. The number of hydrogen-bond acceptors (Lipinski definition) is 8. The molecule has 0 aliphatic heterocycles. The van der Waals surface area contributed by atoms with Gasteiger partial charge >= 0.3 is 5.63 Å². The Bertz CT molecular complexity index is 1640. The van der Waals surface area contributed by atoms with Crippen molar-refractivity contribution in [3.63, 3.8) is 0 Å². The number of sulfone groups is 1. The molecular formula is C22H17N3O7S2. The molecule has 2 aromatic heterocycles. The van der Waals surface area contributed by atoms with E-state index in [-0.39, 0.29) is 33.2 Å². The second-order valence-corrected chi connectivity index (χ2v) is 10.0. The van der Waals surface area contributed by atoms with E-state index in [9.17, 15) is 26.4 Å². The van der Waals surface area contributed by atoms with Crippen LogP contribution in [0.1, 0.15) is 10.4 Å². The maximum Gasteiger partial charge on any atom is 0.336 e. The van der Waals surface area contributed by atoms with Gasteiger partial charge in [0.25, 0.3) is 5.91 Å². The Balaban J connectivity index is 1.66. The van der Waals surface area contributed by atoms with Gasteiger partial charge in [0.2, 0.25) is 10.9 Å². The maximum atomic E-state index is 12.9. The molecule has 0 fully saturated rings. The van der Waals surface area contributed by atoms with Crippen LogP contribution in [0.25, 0.3) is 11.0 Å². The van der Waals surface area contributed by atoms with E-state index in [1.165, 1.54) is 54.7 Å². The molecule has 0 saturated heterocycles. The van der Waals surface area contributed by atoms with Gasteiger partial charge in [-0.25, -0.2) is 30.9 Å². The number of benzene rings is 2. The highest BCUT2D eigenvalue weighted by molar-refractivity contribution is 7.90. The van der Waals surface area contributed by atoms with Crippen LogP contribution in [-0.4, -0.2) is 34.0 Å². The van der Waals surface area contributed by atoms with Gasteiger partial charge in [-0.3, -0.25) is 4.79 Å². The molecule has 0 bridgehead atoms. The Labute approximate surface area is 195 Å². The van der Waals surface area contributed by atoms with Crippen molar-refractivity contribution in [2.75, 3.05) is 15.9 Å². The van der Waals surface area contributed by atoms with Crippen molar-refractivity contribution in [1.29, 1.82) is 0 Å². The van der Waals surface area contributed by atoms with Crippen LogP contribution in [-0.2, 0) is 20.7 Å². The number of hydrogen-bond donors (Lipinski definition) is 2. The van der Waals surface area contributed by atoms with E-state index in [1.807, 2.05) is 0 Å². The molecule has 0 spiro atoms. The Kier molecular flexibility index (Phi) is 6.18. The molecule has 12 heteroatoms. The van der Waals surface area contributed by atoms with Gasteiger partial charge in [0.05, 0.1) is 16.1 Å². The molecule has 0 aliphatic rings. The topological polar surface area (TPSA) is 144 Å². The lowest BCUT2D eigenvalue weighted by molar-refractivity contribution is 0.102. The molecule has 0 unspecified atom stereocenters. The third kappa shape index (κ3) is 4.82. The third-order valence-electron chi connectivity index (χ3n) is 4.78. The molecule has 1 N–H and O–H groups in total. The molecule has 0 saturated carbocycles. The molecule has 4 rings (SSSR count). The van der Waals surface area contributed by atoms with Gasteiger partial charge in [-0.05, 0) is 42.5 Å². The van der Waals surface area contributed by atoms with E-state index in [2.05, 4.69) is 10.3 Å². The first-order valence-electron chi connectivity index (χ1n) is 9.68. The number of carbonyl (C=O) groups is 1. The molecular weight excluding hydrogens is 482 g/mol. The normalized spacial score (nSPS) is 11.5. The molecule has 174 valence electrons. The summed E-state index contributed by atoms with van der Waals surface area (Å²) in [4.78, 5) is 28.6. The van der Waals surface area contributed by atoms with Gasteiger partial charge in [0, 0.05) is 35.7 Å². The van der Waals surface area contributed by atoms with Crippen molar-refractivity contribution >= 4 is 54.8 Å². The molecule has 2 aromatic carbocycles. The lowest BCUT2D eigenvalue weighted by Crippen LogP contribution is -2.17. The SMILES string of the molecule is CS(=O)(=O)c1ccc(N(c2cc(NC(=O)c3cccc4ccc(=O)oc34)ccn2)[SH](=O)=O)cc1. The quantitative estimate of drug-likeness (QED) is 0.304. The number of nitrogens with zero attached hydrogens (tertiary/aromatic N) is 2. The Hall–Kier alpha value is -4.03. The van der Waals surface area contributed by atoms with Gasteiger partial charge in [-0.15, -0.1) is 0 Å². The van der Waals surface area contributed by atoms with E-state index in [0.29, 0.717) is 5.39 Å². The molecule has 4 aromatic rings. The number of para-hydroxylation sites is 1. The van der Waals surface area contributed by atoms with Crippen molar-refractivity contribution in [2.45, 2.75) is 4.90 Å². The molecule has 0 aliphatic carbocycles. The molecule has 1 amide bonds. The minimum atomic E-state index is -3.45. The highest BCUT2D eigenvalue weighted by Crippen LogP contribution is 2.27. The van der Waals surface area contributed by atoms with Crippen LogP contribution in [0.4, 0.5) is 17.2 Å². The zero-order valence-corrected chi connectivity index (χ0v) is 19.2. The lowest BCUT2D eigenvalue weighted by Gasteiger charge is -2.18. The van der Waals surface area contributed by atoms with E-state index >= 15 is 0 Å². The summed E-state index contributed by atoms with van der Waals surface area (Å²) in [6.45, 7) is 0. The van der Waals surface area contributed by atoms with E-state index in [4.69, 9.17) is 4.42 Å². The third-order valence-corrected chi connectivity index (χ3v) is 6.68. The average molecular weight is 500 g/mol. The Morgan fingerprint density at radius 3 is 2.44 bits per heavy atom. The zero-order valence-electron chi connectivity index (χ0n) is 17.5. The number of thiol groups is 1. The molecule has 10 nitrogen and oxygen atoms in total. The summed E-state index contributed by atoms with van der Waals surface area (Å²) in [5, 5.41) is 3.21. The van der Waals surface area contributed by atoms with Gasteiger partial charge in [0.15, 0.2) is 15.4 Å².